The number of hydrogen-bond donors (Lipinski definition) is 0. The second-order valence-electron chi connectivity index (χ2n) is 11.1. The molecule has 37 heavy (non-hydrogen) atoms. The van der Waals surface area contributed by atoms with Crippen molar-refractivity contribution in [1.82, 2.24) is 9.80 Å². The summed E-state index contributed by atoms with van der Waals surface area (Å²) in [5.74, 6) is -3.35. The summed E-state index contributed by atoms with van der Waals surface area (Å²) in [7, 11) is 1.45. The molecule has 5 rings (SSSR count). The van der Waals surface area contributed by atoms with E-state index < -0.39 is 74.3 Å². The van der Waals surface area contributed by atoms with Crippen LogP contribution in [-0.4, -0.2) is 98.2 Å². The average Bonchev–Trinajstić information content (AvgIpc) is 3.40. The van der Waals surface area contributed by atoms with E-state index in [0.29, 0.717) is 0 Å². The molecule has 7 atom stereocenters. The maximum Gasteiger partial charge on any atom is 0.303 e. The van der Waals surface area contributed by atoms with Crippen LogP contribution in [0.25, 0.3) is 0 Å². The van der Waals surface area contributed by atoms with Crippen molar-refractivity contribution in [2.24, 2.45) is 5.41 Å². The van der Waals surface area contributed by atoms with Gasteiger partial charge in [0.25, 0.3) is 11.8 Å². The van der Waals surface area contributed by atoms with Crippen molar-refractivity contribution < 1.29 is 47.7 Å². The molecule has 4 saturated heterocycles. The standard InChI is InChI=1S/C24H30N2O10S/c1-11-20(5,6)16(30)21(35-11)8-15-22(36-14(4)29,17(21)34-13(3)28)9-23-18(31)25(7)24(37-23,10-33-12(2)27)19(32)26(15)23/h11,15,17H,8-10H2,1-7H3/t11-,15-,17-,21-,22+,23?,24-/m1/s1. The van der Waals surface area contributed by atoms with Gasteiger partial charge in [-0.05, 0) is 6.92 Å². The molecule has 2 spiro atoms. The number of fused-ring (bicyclic) bond motifs is 3. The lowest BCUT2D eigenvalue weighted by Crippen LogP contribution is -2.65. The fraction of sp³-hybridized carbons (Fsp3) is 0.750. The van der Waals surface area contributed by atoms with Gasteiger partial charge in [-0.15, -0.1) is 0 Å². The molecule has 0 N–H and O–H groups in total. The highest BCUT2D eigenvalue weighted by atomic mass is 32.2. The predicted octanol–water partition coefficient (Wildman–Crippen LogP) is 0.152. The van der Waals surface area contributed by atoms with Crippen LogP contribution >= 0.6 is 11.8 Å². The van der Waals surface area contributed by atoms with Gasteiger partial charge in [0.2, 0.25) is 4.87 Å². The first-order valence-electron chi connectivity index (χ1n) is 12.1. The number of carbonyl (C=O) groups excluding carboxylic acids is 6. The van der Waals surface area contributed by atoms with E-state index in [1.54, 1.807) is 20.8 Å². The second-order valence-corrected chi connectivity index (χ2v) is 12.7. The number of rotatable bonds is 4. The first-order chi connectivity index (χ1) is 17.0. The number of Topliss-reactive ketones (excluding diaryl/α,β-unsaturated/α-hetero) is 1. The number of ketones is 1. The van der Waals surface area contributed by atoms with Gasteiger partial charge < -0.3 is 28.7 Å². The van der Waals surface area contributed by atoms with Crippen LogP contribution in [0.3, 0.4) is 0 Å². The third-order valence-corrected chi connectivity index (χ3v) is 10.4. The van der Waals surface area contributed by atoms with Crippen molar-refractivity contribution >= 4 is 47.3 Å². The molecular weight excluding hydrogens is 508 g/mol. The minimum atomic E-state index is -1.72. The maximum atomic E-state index is 14.1. The van der Waals surface area contributed by atoms with Crippen LogP contribution in [0.2, 0.25) is 0 Å². The molecule has 5 aliphatic rings. The first kappa shape index (κ1) is 26.0. The van der Waals surface area contributed by atoms with Gasteiger partial charge in [-0.25, -0.2) is 0 Å². The van der Waals surface area contributed by atoms with Gasteiger partial charge in [0.05, 0.1) is 17.6 Å². The Kier molecular flexibility index (Phi) is 5.23. The molecule has 202 valence electrons. The fourth-order valence-electron chi connectivity index (χ4n) is 6.87. The van der Waals surface area contributed by atoms with Gasteiger partial charge in [-0.1, -0.05) is 25.6 Å². The predicted molar refractivity (Wildman–Crippen MR) is 124 cm³/mol. The van der Waals surface area contributed by atoms with Crippen LogP contribution in [0.5, 0.6) is 0 Å². The van der Waals surface area contributed by atoms with E-state index >= 15 is 0 Å². The number of piperazine rings is 1. The molecule has 4 heterocycles. The molecule has 4 aliphatic heterocycles. The van der Waals surface area contributed by atoms with Crippen molar-refractivity contribution in [2.75, 3.05) is 13.7 Å². The van der Waals surface area contributed by atoms with Crippen molar-refractivity contribution in [3.05, 3.63) is 0 Å². The topological polar surface area (TPSA) is 146 Å². The minimum Gasteiger partial charge on any atom is -0.462 e. The Morgan fingerprint density at radius 2 is 1.70 bits per heavy atom. The molecule has 0 aromatic heterocycles. The zero-order valence-electron chi connectivity index (χ0n) is 21.7. The molecular formula is C24H30N2O10S. The molecule has 1 unspecified atom stereocenters. The quantitative estimate of drug-likeness (QED) is 0.356. The van der Waals surface area contributed by atoms with Crippen LogP contribution in [-0.2, 0) is 47.7 Å². The molecule has 0 aromatic carbocycles. The lowest BCUT2D eigenvalue weighted by atomic mass is 9.76. The molecule has 12 nitrogen and oxygen atoms in total. The summed E-state index contributed by atoms with van der Waals surface area (Å²) in [6.07, 6.45) is -2.32. The number of nitrogens with zero attached hydrogens (tertiary/aromatic N) is 2. The zero-order valence-corrected chi connectivity index (χ0v) is 22.6. The Balaban J connectivity index is 1.68. The Morgan fingerprint density at radius 3 is 2.22 bits per heavy atom. The lowest BCUT2D eigenvalue weighted by Gasteiger charge is -2.40. The highest BCUT2D eigenvalue weighted by Crippen LogP contribution is 2.70. The second kappa shape index (κ2) is 7.46. The third-order valence-electron chi connectivity index (χ3n) is 8.68. The van der Waals surface area contributed by atoms with Crippen LogP contribution < -0.4 is 0 Å². The largest absolute Gasteiger partial charge is 0.462 e. The van der Waals surface area contributed by atoms with Crippen LogP contribution in [0.4, 0.5) is 0 Å². The van der Waals surface area contributed by atoms with Crippen LogP contribution in [0, 0.1) is 5.41 Å². The number of thioether (sulfide) groups is 1. The summed E-state index contributed by atoms with van der Waals surface area (Å²) < 4.78 is 23.1. The van der Waals surface area contributed by atoms with E-state index in [4.69, 9.17) is 18.9 Å². The van der Waals surface area contributed by atoms with Crippen LogP contribution in [0.1, 0.15) is 54.4 Å². The van der Waals surface area contributed by atoms with E-state index in [9.17, 15) is 28.8 Å². The minimum absolute atomic E-state index is 0.139. The number of esters is 3. The van der Waals surface area contributed by atoms with E-state index in [2.05, 4.69) is 0 Å². The normalized spacial score (nSPS) is 42.9. The highest BCUT2D eigenvalue weighted by molar-refractivity contribution is 8.04. The number of likely N-dealkylation sites (N-methyl/N-ethyl adjacent to an activating group) is 1. The summed E-state index contributed by atoms with van der Waals surface area (Å²) in [5, 5.41) is 0. The van der Waals surface area contributed by atoms with Gasteiger partial charge in [-0.2, -0.15) is 0 Å². The van der Waals surface area contributed by atoms with Gasteiger partial charge in [0.1, 0.15) is 6.61 Å². The SMILES string of the molecule is CC(=O)OC[C@@]12SC3(C[C@]4(OC(C)=O)[C@@H](C[C@]5(O[C@H](C)C(C)(C)C5=O)[C@H]4OC(C)=O)N3C1=O)C(=O)N2C. The summed E-state index contributed by atoms with van der Waals surface area (Å²) in [5.41, 5.74) is -4.37. The third kappa shape index (κ3) is 2.89. The molecule has 0 radical (unpaired) electrons. The molecule has 1 aliphatic carbocycles. The fourth-order valence-corrected chi connectivity index (χ4v) is 8.78. The number of carbonyl (C=O) groups is 6. The van der Waals surface area contributed by atoms with Gasteiger partial charge >= 0.3 is 17.9 Å². The zero-order chi connectivity index (χ0) is 27.5. The summed E-state index contributed by atoms with van der Waals surface area (Å²) >= 11 is 1.02. The van der Waals surface area contributed by atoms with Crippen molar-refractivity contribution in [2.45, 2.75) is 93.6 Å². The van der Waals surface area contributed by atoms with E-state index in [-0.39, 0.29) is 25.2 Å². The van der Waals surface area contributed by atoms with Crippen molar-refractivity contribution in [1.29, 1.82) is 0 Å². The molecule has 0 aromatic rings. The molecule has 1 saturated carbocycles. The van der Waals surface area contributed by atoms with E-state index in [1.165, 1.54) is 37.6 Å². The number of ether oxygens (including phenoxy) is 4. The summed E-state index contributed by atoms with van der Waals surface area (Å²) in [6.45, 7) is 8.36. The highest BCUT2D eigenvalue weighted by Gasteiger charge is 2.88. The Bertz CT molecular complexity index is 1170. The average molecular weight is 539 g/mol. The maximum absolute atomic E-state index is 14.1. The van der Waals surface area contributed by atoms with E-state index in [0.717, 1.165) is 11.8 Å². The van der Waals surface area contributed by atoms with Gasteiger partial charge in [0.15, 0.2) is 28.0 Å². The Labute approximate surface area is 217 Å². The van der Waals surface area contributed by atoms with Gasteiger partial charge in [0, 0.05) is 40.7 Å². The molecule has 13 heteroatoms. The Hall–Kier alpha value is -2.67. The monoisotopic (exact) mass is 538 g/mol. The first-order valence-corrected chi connectivity index (χ1v) is 12.9. The smallest absolute Gasteiger partial charge is 0.303 e. The molecule has 2 bridgehead atoms. The van der Waals surface area contributed by atoms with Crippen LogP contribution in [0.15, 0.2) is 0 Å². The summed E-state index contributed by atoms with van der Waals surface area (Å²) in [6, 6.07) is -1.01. The van der Waals surface area contributed by atoms with Crippen molar-refractivity contribution in [3.63, 3.8) is 0 Å². The number of amides is 2. The van der Waals surface area contributed by atoms with E-state index in [1.807, 2.05) is 0 Å². The van der Waals surface area contributed by atoms with Crippen molar-refractivity contribution in [3.8, 4) is 0 Å². The molecule has 5 fully saturated rings. The molecule has 2 amide bonds. The van der Waals surface area contributed by atoms with Gasteiger partial charge in [-0.3, -0.25) is 28.8 Å². The summed E-state index contributed by atoms with van der Waals surface area (Å²) in [4.78, 5) is 77.7. The Morgan fingerprint density at radius 1 is 1.05 bits per heavy atom. The lowest BCUT2D eigenvalue weighted by molar-refractivity contribution is -0.202. The number of hydrogen-bond acceptors (Lipinski definition) is 11.